The molecule has 1 aliphatic heterocycles. The normalized spacial score (nSPS) is 16.5. The summed E-state index contributed by atoms with van der Waals surface area (Å²) >= 11 is 0. The summed E-state index contributed by atoms with van der Waals surface area (Å²) in [5.74, 6) is 0.563. The second-order valence-corrected chi connectivity index (χ2v) is 4.94. The van der Waals surface area contributed by atoms with Crippen LogP contribution in [0.1, 0.15) is 18.4 Å². The number of anilines is 1. The van der Waals surface area contributed by atoms with E-state index in [1.807, 2.05) is 6.07 Å². The zero-order chi connectivity index (χ0) is 13.1. The molecular weight excluding hydrogens is 240 g/mol. The standard InChI is InChI=1S/C14H18N4O/c1-10-2-3-11(14-18-16-9-19-14)8-13(10)17-12-4-6-15-7-5-12/h2-3,8-9,12,15,17H,4-7H2,1H3. The molecule has 2 N–H and O–H groups in total. The fraction of sp³-hybridized carbons (Fsp3) is 0.429. The molecule has 100 valence electrons. The third-order valence-electron chi connectivity index (χ3n) is 3.54. The van der Waals surface area contributed by atoms with Gasteiger partial charge >= 0.3 is 0 Å². The van der Waals surface area contributed by atoms with E-state index in [9.17, 15) is 0 Å². The molecular formula is C14H18N4O. The highest BCUT2D eigenvalue weighted by molar-refractivity contribution is 5.64. The molecule has 1 fully saturated rings. The second kappa shape index (κ2) is 5.40. The van der Waals surface area contributed by atoms with Gasteiger partial charge in [0, 0.05) is 17.3 Å². The number of nitrogens with zero attached hydrogens (tertiary/aromatic N) is 2. The van der Waals surface area contributed by atoms with Gasteiger partial charge in [0.05, 0.1) is 0 Å². The first-order valence-corrected chi connectivity index (χ1v) is 6.67. The molecule has 1 saturated heterocycles. The molecule has 0 unspecified atom stereocenters. The molecule has 0 radical (unpaired) electrons. The van der Waals surface area contributed by atoms with Crippen molar-refractivity contribution in [3.8, 4) is 11.5 Å². The summed E-state index contributed by atoms with van der Waals surface area (Å²) in [6.45, 7) is 4.28. The molecule has 19 heavy (non-hydrogen) atoms. The van der Waals surface area contributed by atoms with Crippen molar-refractivity contribution < 1.29 is 4.42 Å². The molecule has 0 saturated carbocycles. The van der Waals surface area contributed by atoms with Crippen LogP contribution in [0.2, 0.25) is 0 Å². The van der Waals surface area contributed by atoms with E-state index >= 15 is 0 Å². The van der Waals surface area contributed by atoms with Crippen molar-refractivity contribution in [1.29, 1.82) is 0 Å². The zero-order valence-electron chi connectivity index (χ0n) is 11.0. The minimum atomic E-state index is 0.540. The van der Waals surface area contributed by atoms with E-state index in [4.69, 9.17) is 4.42 Å². The first-order valence-electron chi connectivity index (χ1n) is 6.67. The molecule has 0 bridgehead atoms. The highest BCUT2D eigenvalue weighted by Gasteiger charge is 2.14. The van der Waals surface area contributed by atoms with Gasteiger partial charge in [-0.05, 0) is 50.6 Å². The van der Waals surface area contributed by atoms with E-state index in [1.165, 1.54) is 12.0 Å². The van der Waals surface area contributed by atoms with Gasteiger partial charge in [-0.15, -0.1) is 10.2 Å². The highest BCUT2D eigenvalue weighted by Crippen LogP contribution is 2.25. The van der Waals surface area contributed by atoms with Gasteiger partial charge < -0.3 is 15.1 Å². The van der Waals surface area contributed by atoms with Gasteiger partial charge in [-0.2, -0.15) is 0 Å². The number of piperidine rings is 1. The Morgan fingerprint density at radius 1 is 1.32 bits per heavy atom. The van der Waals surface area contributed by atoms with Gasteiger partial charge in [0.2, 0.25) is 12.3 Å². The average molecular weight is 258 g/mol. The van der Waals surface area contributed by atoms with Gasteiger partial charge in [0.1, 0.15) is 0 Å². The van der Waals surface area contributed by atoms with Crippen molar-refractivity contribution in [3.63, 3.8) is 0 Å². The number of rotatable bonds is 3. The Balaban J connectivity index is 1.81. The summed E-state index contributed by atoms with van der Waals surface area (Å²) < 4.78 is 5.24. The number of aryl methyl sites for hydroxylation is 1. The molecule has 1 aliphatic rings. The Bertz CT molecular complexity index is 532. The van der Waals surface area contributed by atoms with E-state index in [1.54, 1.807) is 0 Å². The van der Waals surface area contributed by atoms with Crippen molar-refractivity contribution >= 4 is 5.69 Å². The largest absolute Gasteiger partial charge is 0.423 e. The van der Waals surface area contributed by atoms with Gasteiger partial charge in [-0.3, -0.25) is 0 Å². The number of aromatic nitrogens is 2. The molecule has 5 heteroatoms. The highest BCUT2D eigenvalue weighted by atomic mass is 16.4. The Morgan fingerprint density at radius 2 is 2.16 bits per heavy atom. The SMILES string of the molecule is Cc1ccc(-c2nnco2)cc1NC1CCNCC1. The van der Waals surface area contributed by atoms with Crippen LogP contribution in [0.3, 0.4) is 0 Å². The van der Waals surface area contributed by atoms with Crippen LogP contribution in [0.5, 0.6) is 0 Å². The predicted molar refractivity (Wildman–Crippen MR) is 74.0 cm³/mol. The molecule has 1 aromatic heterocycles. The Hall–Kier alpha value is -1.88. The van der Waals surface area contributed by atoms with Crippen LogP contribution in [0.25, 0.3) is 11.5 Å². The number of nitrogens with one attached hydrogen (secondary N) is 2. The number of hydrogen-bond donors (Lipinski definition) is 2. The smallest absolute Gasteiger partial charge is 0.247 e. The van der Waals surface area contributed by atoms with Crippen molar-refractivity contribution in [2.45, 2.75) is 25.8 Å². The van der Waals surface area contributed by atoms with Crippen LogP contribution in [0.4, 0.5) is 5.69 Å². The molecule has 5 nitrogen and oxygen atoms in total. The maximum atomic E-state index is 5.24. The molecule has 2 aromatic rings. The van der Waals surface area contributed by atoms with Crippen LogP contribution in [-0.2, 0) is 0 Å². The molecule has 2 heterocycles. The molecule has 1 aromatic carbocycles. The first kappa shape index (κ1) is 12.2. The minimum Gasteiger partial charge on any atom is -0.423 e. The van der Waals surface area contributed by atoms with Gasteiger partial charge in [0.15, 0.2) is 0 Å². The quantitative estimate of drug-likeness (QED) is 0.883. The summed E-state index contributed by atoms with van der Waals surface area (Å²) in [7, 11) is 0. The molecule has 0 amide bonds. The fourth-order valence-corrected chi connectivity index (χ4v) is 2.40. The van der Waals surface area contributed by atoms with Crippen molar-refractivity contribution in [3.05, 3.63) is 30.2 Å². The Labute approximate surface area is 112 Å². The van der Waals surface area contributed by atoms with Crippen molar-refractivity contribution in [1.82, 2.24) is 15.5 Å². The lowest BCUT2D eigenvalue weighted by Gasteiger charge is -2.25. The van der Waals surface area contributed by atoms with Gasteiger partial charge in [-0.25, -0.2) is 0 Å². The first-order chi connectivity index (χ1) is 9.33. The van der Waals surface area contributed by atoms with Crippen molar-refractivity contribution in [2.75, 3.05) is 18.4 Å². The predicted octanol–water partition coefficient (Wildman–Crippen LogP) is 2.21. The molecule has 3 rings (SSSR count). The van der Waals surface area contributed by atoms with Gasteiger partial charge in [0.25, 0.3) is 0 Å². The van der Waals surface area contributed by atoms with Crippen LogP contribution >= 0.6 is 0 Å². The summed E-state index contributed by atoms with van der Waals surface area (Å²) in [6, 6.07) is 6.72. The summed E-state index contributed by atoms with van der Waals surface area (Å²) in [5.41, 5.74) is 3.35. The molecule has 0 spiro atoms. The van der Waals surface area contributed by atoms with E-state index < -0.39 is 0 Å². The third-order valence-corrected chi connectivity index (χ3v) is 3.54. The van der Waals surface area contributed by atoms with E-state index in [-0.39, 0.29) is 0 Å². The molecule has 0 aliphatic carbocycles. The lowest BCUT2D eigenvalue weighted by molar-refractivity contribution is 0.479. The summed E-state index contributed by atoms with van der Waals surface area (Å²) in [6.07, 6.45) is 3.67. The van der Waals surface area contributed by atoms with Crippen LogP contribution in [0, 0.1) is 6.92 Å². The maximum absolute atomic E-state index is 5.24. The average Bonchev–Trinajstić information content (AvgIpc) is 2.96. The third kappa shape index (κ3) is 2.76. The number of hydrogen-bond acceptors (Lipinski definition) is 5. The van der Waals surface area contributed by atoms with E-state index in [2.05, 4.69) is 39.9 Å². The number of benzene rings is 1. The van der Waals surface area contributed by atoms with Crippen LogP contribution in [0.15, 0.2) is 29.0 Å². The zero-order valence-corrected chi connectivity index (χ0v) is 11.0. The monoisotopic (exact) mass is 258 g/mol. The lowest BCUT2D eigenvalue weighted by Crippen LogP contribution is -2.35. The van der Waals surface area contributed by atoms with E-state index in [0.29, 0.717) is 11.9 Å². The lowest BCUT2D eigenvalue weighted by atomic mass is 10.0. The van der Waals surface area contributed by atoms with Gasteiger partial charge in [-0.1, -0.05) is 6.07 Å². The van der Waals surface area contributed by atoms with Crippen LogP contribution < -0.4 is 10.6 Å². The minimum absolute atomic E-state index is 0.540. The summed E-state index contributed by atoms with van der Waals surface area (Å²) in [4.78, 5) is 0. The Kier molecular flexibility index (Phi) is 3.46. The van der Waals surface area contributed by atoms with Crippen LogP contribution in [-0.4, -0.2) is 29.3 Å². The fourth-order valence-electron chi connectivity index (χ4n) is 2.40. The maximum Gasteiger partial charge on any atom is 0.247 e. The van der Waals surface area contributed by atoms with E-state index in [0.717, 1.165) is 37.2 Å². The summed E-state index contributed by atoms with van der Waals surface area (Å²) in [5, 5.41) is 14.7. The Morgan fingerprint density at radius 3 is 2.89 bits per heavy atom. The topological polar surface area (TPSA) is 63.0 Å². The second-order valence-electron chi connectivity index (χ2n) is 4.94. The molecule has 0 atom stereocenters. The van der Waals surface area contributed by atoms with Crippen molar-refractivity contribution in [2.24, 2.45) is 0 Å².